The van der Waals surface area contributed by atoms with E-state index in [-0.39, 0.29) is 5.97 Å². The fourth-order valence-electron chi connectivity index (χ4n) is 3.12. The number of rotatable bonds is 12. The summed E-state index contributed by atoms with van der Waals surface area (Å²) in [7, 11) is 0. The van der Waals surface area contributed by atoms with Crippen molar-refractivity contribution in [1.82, 2.24) is 0 Å². The van der Waals surface area contributed by atoms with Crippen molar-refractivity contribution < 1.29 is 19.0 Å². The minimum Gasteiger partial charge on any atom is -0.490 e. The van der Waals surface area contributed by atoms with Crippen molar-refractivity contribution in [1.29, 1.82) is 0 Å². The maximum atomic E-state index is 12.2. The number of esters is 1. The topological polar surface area (TPSA) is 44.8 Å². The van der Waals surface area contributed by atoms with Gasteiger partial charge in [-0.25, -0.2) is 4.79 Å². The van der Waals surface area contributed by atoms with Crippen molar-refractivity contribution in [3.8, 4) is 11.5 Å². The van der Waals surface area contributed by atoms with Gasteiger partial charge in [0.15, 0.2) is 0 Å². The van der Waals surface area contributed by atoms with Crippen molar-refractivity contribution in [2.75, 3.05) is 13.2 Å². The van der Waals surface area contributed by atoms with Crippen LogP contribution in [0.4, 0.5) is 0 Å². The average Bonchev–Trinajstić information content (AvgIpc) is 2.83. The number of allylic oxidation sites excluding steroid dienone is 5. The molecule has 0 N–H and O–H groups in total. The van der Waals surface area contributed by atoms with Crippen LogP contribution < -0.4 is 9.47 Å². The molecule has 0 aromatic heterocycles. The molecule has 0 radical (unpaired) electrons. The van der Waals surface area contributed by atoms with E-state index in [1.54, 1.807) is 32.1 Å². The molecule has 0 spiro atoms. The minimum absolute atomic E-state index is 0.323. The van der Waals surface area contributed by atoms with E-state index in [4.69, 9.17) is 14.2 Å². The van der Waals surface area contributed by atoms with Crippen LogP contribution in [0.25, 0.3) is 11.1 Å². The zero-order chi connectivity index (χ0) is 24.3. The molecule has 0 amide bonds. The fraction of sp³-hybridized carbons (Fsp3) is 0.276. The van der Waals surface area contributed by atoms with E-state index >= 15 is 0 Å². The van der Waals surface area contributed by atoms with Crippen molar-refractivity contribution in [2.45, 2.75) is 39.7 Å². The summed E-state index contributed by atoms with van der Waals surface area (Å²) in [5, 5.41) is 0. The van der Waals surface area contributed by atoms with Crippen LogP contribution in [0.1, 0.15) is 45.2 Å². The van der Waals surface area contributed by atoms with Crippen LogP contribution in [0.5, 0.6) is 11.5 Å². The molecule has 174 valence electrons. The van der Waals surface area contributed by atoms with Gasteiger partial charge in [0.1, 0.15) is 18.1 Å². The summed E-state index contributed by atoms with van der Waals surface area (Å²) in [5.41, 5.74) is 3.38. The standard InChI is InChI=1S/C29H34O4/c1-7-11-23(8-2)25-14-12-24(13-15-25)22(5)20-21-32-26-16-18-27(19-17-26)33-29(6,9-3)28(30)31-10-4/h7-8,11-20H,1-2,9-10,21H2,3-6H3/b22-20+,23-11+/t29-/m0/s1. The normalized spacial score (nSPS) is 13.6. The summed E-state index contributed by atoms with van der Waals surface area (Å²) in [6, 6.07) is 15.6. The first-order valence-corrected chi connectivity index (χ1v) is 11.2. The Hall–Kier alpha value is -3.53. The van der Waals surface area contributed by atoms with Gasteiger partial charge >= 0.3 is 5.97 Å². The van der Waals surface area contributed by atoms with Crippen LogP contribution in [-0.2, 0) is 9.53 Å². The van der Waals surface area contributed by atoms with Crippen LogP contribution in [0.2, 0.25) is 0 Å². The fourth-order valence-corrected chi connectivity index (χ4v) is 3.12. The van der Waals surface area contributed by atoms with Crippen LogP contribution in [-0.4, -0.2) is 24.8 Å². The molecule has 2 aromatic rings. The predicted molar refractivity (Wildman–Crippen MR) is 136 cm³/mol. The van der Waals surface area contributed by atoms with E-state index < -0.39 is 5.60 Å². The molecule has 0 heterocycles. The Morgan fingerprint density at radius 3 is 2.12 bits per heavy atom. The molecule has 4 nitrogen and oxygen atoms in total. The second kappa shape index (κ2) is 12.5. The van der Waals surface area contributed by atoms with E-state index in [9.17, 15) is 4.79 Å². The largest absolute Gasteiger partial charge is 0.490 e. The van der Waals surface area contributed by atoms with Crippen LogP contribution in [0, 0.1) is 0 Å². The Bertz CT molecular complexity index is 997. The maximum Gasteiger partial charge on any atom is 0.350 e. The highest BCUT2D eigenvalue weighted by Crippen LogP contribution is 2.25. The Labute approximate surface area is 197 Å². The zero-order valence-corrected chi connectivity index (χ0v) is 20.1. The number of ether oxygens (including phenoxy) is 3. The molecule has 0 aliphatic heterocycles. The molecule has 2 aromatic carbocycles. The van der Waals surface area contributed by atoms with Crippen molar-refractivity contribution in [3.63, 3.8) is 0 Å². The van der Waals surface area contributed by atoms with Crippen LogP contribution >= 0.6 is 0 Å². The molecule has 4 heteroatoms. The first kappa shape index (κ1) is 25.7. The lowest BCUT2D eigenvalue weighted by Crippen LogP contribution is -2.42. The molecule has 0 aliphatic rings. The summed E-state index contributed by atoms with van der Waals surface area (Å²) in [5.74, 6) is 0.955. The lowest BCUT2D eigenvalue weighted by molar-refractivity contribution is -0.160. The van der Waals surface area contributed by atoms with Gasteiger partial charge in [-0.05, 0) is 79.8 Å². The van der Waals surface area contributed by atoms with Gasteiger partial charge in [-0.15, -0.1) is 0 Å². The van der Waals surface area contributed by atoms with Gasteiger partial charge in [0, 0.05) is 0 Å². The summed E-state index contributed by atoms with van der Waals surface area (Å²) in [6.07, 6.45) is 8.07. The average molecular weight is 447 g/mol. The number of carbonyl (C=O) groups excluding carboxylic acids is 1. The van der Waals surface area contributed by atoms with Gasteiger partial charge in [-0.1, -0.05) is 62.6 Å². The molecule has 0 unspecified atom stereocenters. The lowest BCUT2D eigenvalue weighted by Gasteiger charge is -2.27. The highest BCUT2D eigenvalue weighted by Gasteiger charge is 2.35. The molecular weight excluding hydrogens is 412 g/mol. The van der Waals surface area contributed by atoms with Crippen molar-refractivity contribution in [2.24, 2.45) is 0 Å². The maximum absolute atomic E-state index is 12.2. The Morgan fingerprint density at radius 1 is 0.970 bits per heavy atom. The Balaban J connectivity index is 1.97. The monoisotopic (exact) mass is 446 g/mol. The summed E-state index contributed by atoms with van der Waals surface area (Å²) in [6.45, 7) is 15.8. The third kappa shape index (κ3) is 7.25. The molecule has 2 rings (SSSR count). The van der Waals surface area contributed by atoms with E-state index in [2.05, 4.69) is 44.3 Å². The van der Waals surface area contributed by atoms with Gasteiger partial charge in [-0.3, -0.25) is 0 Å². The highest BCUT2D eigenvalue weighted by molar-refractivity contribution is 5.79. The number of hydrogen-bond donors (Lipinski definition) is 0. The van der Waals surface area contributed by atoms with E-state index in [0.29, 0.717) is 25.4 Å². The van der Waals surface area contributed by atoms with Crippen molar-refractivity contribution >= 4 is 17.1 Å². The van der Waals surface area contributed by atoms with E-state index in [1.165, 1.54) is 0 Å². The van der Waals surface area contributed by atoms with Gasteiger partial charge in [-0.2, -0.15) is 0 Å². The number of hydrogen-bond acceptors (Lipinski definition) is 4. The Kier molecular flexibility index (Phi) is 9.74. The lowest BCUT2D eigenvalue weighted by atomic mass is 10.0. The summed E-state index contributed by atoms with van der Waals surface area (Å²) < 4.78 is 16.9. The molecule has 0 bridgehead atoms. The van der Waals surface area contributed by atoms with Crippen LogP contribution in [0.15, 0.2) is 86.0 Å². The van der Waals surface area contributed by atoms with Gasteiger partial charge < -0.3 is 14.2 Å². The number of benzene rings is 2. The molecular formula is C29H34O4. The third-order valence-corrected chi connectivity index (χ3v) is 5.38. The van der Waals surface area contributed by atoms with E-state index in [0.717, 1.165) is 28.0 Å². The molecule has 0 saturated carbocycles. The number of carbonyl (C=O) groups is 1. The minimum atomic E-state index is -1.01. The second-order valence-electron chi connectivity index (χ2n) is 7.72. The molecule has 33 heavy (non-hydrogen) atoms. The third-order valence-electron chi connectivity index (χ3n) is 5.38. The highest BCUT2D eigenvalue weighted by atomic mass is 16.6. The van der Waals surface area contributed by atoms with E-state index in [1.807, 2.05) is 37.3 Å². The first-order valence-electron chi connectivity index (χ1n) is 11.2. The molecule has 1 atom stereocenters. The predicted octanol–water partition coefficient (Wildman–Crippen LogP) is 7.03. The summed E-state index contributed by atoms with van der Waals surface area (Å²) in [4.78, 5) is 12.2. The first-order chi connectivity index (χ1) is 15.9. The molecule has 0 fully saturated rings. The smallest absolute Gasteiger partial charge is 0.350 e. The quantitative estimate of drug-likeness (QED) is 0.259. The van der Waals surface area contributed by atoms with Crippen molar-refractivity contribution in [3.05, 3.63) is 97.1 Å². The zero-order valence-electron chi connectivity index (χ0n) is 20.1. The van der Waals surface area contributed by atoms with Gasteiger partial charge in [0.2, 0.25) is 5.60 Å². The summed E-state index contributed by atoms with van der Waals surface area (Å²) >= 11 is 0. The van der Waals surface area contributed by atoms with Gasteiger partial charge in [0.25, 0.3) is 0 Å². The molecule has 0 saturated heterocycles. The second-order valence-corrected chi connectivity index (χ2v) is 7.72. The van der Waals surface area contributed by atoms with Gasteiger partial charge in [0.05, 0.1) is 6.61 Å². The Morgan fingerprint density at radius 2 is 1.58 bits per heavy atom. The van der Waals surface area contributed by atoms with Crippen LogP contribution in [0.3, 0.4) is 0 Å². The molecule has 0 aliphatic carbocycles. The SMILES string of the molecule is C=C/C=C(\C=C)c1ccc(/C(C)=C/COc2ccc(O[C@@](C)(CC)C(=O)OCC)cc2)cc1.